The molecule has 0 saturated carbocycles. The molecule has 0 saturated heterocycles. The number of nitrogens with zero attached hydrogens (tertiary/aromatic N) is 2. The molecular weight excluding hydrogens is 360 g/mol. The van der Waals surface area contributed by atoms with Gasteiger partial charge in [0.1, 0.15) is 11.6 Å². The molecule has 28 heavy (non-hydrogen) atoms. The minimum absolute atomic E-state index is 0.0341. The van der Waals surface area contributed by atoms with E-state index in [0.717, 1.165) is 11.3 Å². The number of aromatic amines is 1. The molecule has 0 spiro atoms. The first kappa shape index (κ1) is 21.4. The van der Waals surface area contributed by atoms with Gasteiger partial charge in [-0.05, 0) is 32.4 Å². The molecule has 0 aliphatic carbocycles. The van der Waals surface area contributed by atoms with Crippen LogP contribution in [0.15, 0.2) is 42.6 Å². The Kier molecular flexibility index (Phi) is 7.57. The van der Waals surface area contributed by atoms with Crippen molar-refractivity contribution in [3.8, 4) is 0 Å². The highest BCUT2D eigenvalue weighted by Gasteiger charge is 2.28. The summed E-state index contributed by atoms with van der Waals surface area (Å²) in [5.41, 5.74) is 1.10. The van der Waals surface area contributed by atoms with E-state index in [0.29, 0.717) is 13.1 Å². The Labute approximate surface area is 165 Å². The number of carbonyl (C=O) groups is 2. The number of hydrogen-bond donors (Lipinski definition) is 2. The minimum Gasteiger partial charge on any atom is -0.444 e. The van der Waals surface area contributed by atoms with Crippen LogP contribution < -0.4 is 5.32 Å². The van der Waals surface area contributed by atoms with Crippen molar-refractivity contribution in [2.24, 2.45) is 0 Å². The van der Waals surface area contributed by atoms with E-state index in [1.807, 2.05) is 30.3 Å². The molecule has 0 aliphatic rings. The predicted molar refractivity (Wildman–Crippen MR) is 104 cm³/mol. The number of methoxy groups -OCH3 is 1. The zero-order valence-electron chi connectivity index (χ0n) is 16.8. The summed E-state index contributed by atoms with van der Waals surface area (Å²) in [4.78, 5) is 27.0. The van der Waals surface area contributed by atoms with E-state index >= 15 is 0 Å². The van der Waals surface area contributed by atoms with Gasteiger partial charge in [0.15, 0.2) is 0 Å². The largest absolute Gasteiger partial charge is 0.444 e. The van der Waals surface area contributed by atoms with Gasteiger partial charge in [-0.3, -0.25) is 9.89 Å². The fraction of sp³-hybridized carbons (Fsp3) is 0.450. The van der Waals surface area contributed by atoms with Crippen LogP contribution in [0.2, 0.25) is 0 Å². The molecule has 2 N–H and O–H groups in total. The summed E-state index contributed by atoms with van der Waals surface area (Å²) in [5, 5.41) is 9.41. The Hall–Kier alpha value is -2.87. The van der Waals surface area contributed by atoms with E-state index in [4.69, 9.17) is 9.47 Å². The first-order chi connectivity index (χ1) is 13.3. The average molecular weight is 388 g/mol. The van der Waals surface area contributed by atoms with Gasteiger partial charge in [0, 0.05) is 19.9 Å². The van der Waals surface area contributed by atoms with Crippen molar-refractivity contribution < 1.29 is 19.1 Å². The molecule has 1 unspecified atom stereocenters. The van der Waals surface area contributed by atoms with Gasteiger partial charge in [0.2, 0.25) is 5.91 Å². The summed E-state index contributed by atoms with van der Waals surface area (Å²) < 4.78 is 10.4. The number of benzene rings is 1. The summed E-state index contributed by atoms with van der Waals surface area (Å²) in [6, 6.07) is 10.6. The number of ether oxygens (including phenoxy) is 2. The molecule has 152 valence electrons. The normalized spacial score (nSPS) is 12.3. The van der Waals surface area contributed by atoms with Crippen LogP contribution in [0.25, 0.3) is 0 Å². The summed E-state index contributed by atoms with van der Waals surface area (Å²) >= 11 is 0. The van der Waals surface area contributed by atoms with Crippen LogP contribution in [0.3, 0.4) is 0 Å². The van der Waals surface area contributed by atoms with Crippen LogP contribution in [-0.2, 0) is 27.4 Å². The summed E-state index contributed by atoms with van der Waals surface area (Å²) in [5.74, 6) is -0.272. The first-order valence-corrected chi connectivity index (χ1v) is 9.08. The lowest BCUT2D eigenvalue weighted by Gasteiger charge is -2.28. The van der Waals surface area contributed by atoms with Crippen molar-refractivity contribution in [1.82, 2.24) is 20.4 Å². The van der Waals surface area contributed by atoms with Crippen LogP contribution in [0.4, 0.5) is 4.79 Å². The van der Waals surface area contributed by atoms with Crippen molar-refractivity contribution in [2.45, 2.75) is 45.5 Å². The van der Waals surface area contributed by atoms with Crippen molar-refractivity contribution in [3.05, 3.63) is 53.9 Å². The monoisotopic (exact) mass is 388 g/mol. The molecule has 1 aromatic carbocycles. The Morgan fingerprint density at radius 1 is 1.18 bits per heavy atom. The summed E-state index contributed by atoms with van der Waals surface area (Å²) in [6.45, 7) is 6.03. The molecule has 2 aromatic rings. The number of amides is 2. The lowest BCUT2D eigenvalue weighted by molar-refractivity contribution is -0.136. The summed E-state index contributed by atoms with van der Waals surface area (Å²) in [6.07, 6.45) is 0.968. The topological polar surface area (TPSA) is 96.5 Å². The Morgan fingerprint density at radius 2 is 1.89 bits per heavy atom. The molecule has 2 amide bonds. The number of alkyl carbamates (subject to hydrolysis) is 1. The fourth-order valence-electron chi connectivity index (χ4n) is 2.61. The van der Waals surface area contributed by atoms with Gasteiger partial charge in [-0.1, -0.05) is 30.3 Å². The molecular formula is C20H28N4O4. The van der Waals surface area contributed by atoms with E-state index in [-0.39, 0.29) is 12.5 Å². The van der Waals surface area contributed by atoms with Crippen LogP contribution in [0.5, 0.6) is 0 Å². The van der Waals surface area contributed by atoms with Crippen molar-refractivity contribution in [2.75, 3.05) is 13.7 Å². The third-order valence-corrected chi connectivity index (χ3v) is 3.77. The van der Waals surface area contributed by atoms with Gasteiger partial charge in [-0.25, -0.2) is 4.79 Å². The third-order valence-electron chi connectivity index (χ3n) is 3.77. The fourth-order valence-corrected chi connectivity index (χ4v) is 2.61. The maximum atomic E-state index is 13.2. The molecule has 0 fully saturated rings. The number of rotatable bonds is 8. The Balaban J connectivity index is 2.17. The number of H-pyrrole nitrogens is 1. The van der Waals surface area contributed by atoms with Gasteiger partial charge in [-0.15, -0.1) is 0 Å². The molecule has 8 nitrogen and oxygen atoms in total. The number of nitrogens with one attached hydrogen (secondary N) is 2. The Morgan fingerprint density at radius 3 is 2.46 bits per heavy atom. The molecule has 2 rings (SSSR count). The van der Waals surface area contributed by atoms with Crippen LogP contribution in [0.1, 0.15) is 32.0 Å². The SMILES string of the molecule is COCC(NC(=O)OC(C)(C)C)C(=O)N(Cc1ccccc1)Cc1ccn[nH]1. The summed E-state index contributed by atoms with van der Waals surface area (Å²) in [7, 11) is 1.48. The van der Waals surface area contributed by atoms with Crippen molar-refractivity contribution in [3.63, 3.8) is 0 Å². The van der Waals surface area contributed by atoms with Gasteiger partial charge >= 0.3 is 6.09 Å². The number of aromatic nitrogens is 2. The average Bonchev–Trinajstić information content (AvgIpc) is 3.12. The van der Waals surface area contributed by atoms with Gasteiger partial charge in [0.05, 0.1) is 18.8 Å². The third kappa shape index (κ3) is 7.03. The molecule has 1 heterocycles. The van der Waals surface area contributed by atoms with E-state index < -0.39 is 17.7 Å². The lowest BCUT2D eigenvalue weighted by atomic mass is 10.1. The second-order valence-electron chi connectivity index (χ2n) is 7.42. The van der Waals surface area contributed by atoms with E-state index in [2.05, 4.69) is 15.5 Å². The Bertz CT molecular complexity index is 741. The maximum Gasteiger partial charge on any atom is 0.408 e. The second kappa shape index (κ2) is 9.89. The van der Waals surface area contributed by atoms with Crippen LogP contribution >= 0.6 is 0 Å². The van der Waals surface area contributed by atoms with E-state index in [1.165, 1.54) is 7.11 Å². The maximum absolute atomic E-state index is 13.2. The standard InChI is InChI=1S/C20H28N4O4/c1-20(2,3)28-19(26)22-17(14-27-4)18(25)24(13-16-10-11-21-23-16)12-15-8-6-5-7-9-15/h5-11,17H,12-14H2,1-4H3,(H,21,23)(H,22,26). The minimum atomic E-state index is -0.869. The molecule has 1 aromatic heterocycles. The molecule has 1 atom stereocenters. The zero-order valence-corrected chi connectivity index (χ0v) is 16.8. The van der Waals surface area contributed by atoms with Gasteiger partial charge in [-0.2, -0.15) is 5.10 Å². The first-order valence-electron chi connectivity index (χ1n) is 9.08. The molecule has 0 bridgehead atoms. The smallest absolute Gasteiger partial charge is 0.408 e. The van der Waals surface area contributed by atoms with E-state index in [9.17, 15) is 9.59 Å². The van der Waals surface area contributed by atoms with Crippen LogP contribution in [-0.4, -0.2) is 52.5 Å². The zero-order chi connectivity index (χ0) is 20.6. The van der Waals surface area contributed by atoms with Crippen molar-refractivity contribution in [1.29, 1.82) is 0 Å². The van der Waals surface area contributed by atoms with Crippen molar-refractivity contribution >= 4 is 12.0 Å². The van der Waals surface area contributed by atoms with Gasteiger partial charge < -0.3 is 19.7 Å². The highest BCUT2D eigenvalue weighted by Crippen LogP contribution is 2.12. The highest BCUT2D eigenvalue weighted by atomic mass is 16.6. The number of hydrogen-bond acceptors (Lipinski definition) is 5. The molecule has 8 heteroatoms. The highest BCUT2D eigenvalue weighted by molar-refractivity contribution is 5.86. The molecule has 0 radical (unpaired) electrons. The van der Waals surface area contributed by atoms with Gasteiger partial charge in [0.25, 0.3) is 0 Å². The van der Waals surface area contributed by atoms with Crippen LogP contribution in [0, 0.1) is 0 Å². The quantitative estimate of drug-likeness (QED) is 0.724. The lowest BCUT2D eigenvalue weighted by Crippen LogP contribution is -2.51. The second-order valence-corrected chi connectivity index (χ2v) is 7.42. The van der Waals surface area contributed by atoms with E-state index in [1.54, 1.807) is 37.9 Å². The molecule has 0 aliphatic heterocycles. The number of carbonyl (C=O) groups excluding carboxylic acids is 2. The predicted octanol–water partition coefficient (Wildman–Crippen LogP) is 2.48.